The number of carbonyl (C=O) groups excluding carboxylic acids is 1. The standard InChI is InChI=1S/C7H15NO2.C2H6/c1-4-8(3)7(9)6-10-5-2;1-2/h4-6H2,1-3H3;1-2H3. The summed E-state index contributed by atoms with van der Waals surface area (Å²) >= 11 is 0. The van der Waals surface area contributed by atoms with E-state index in [1.807, 2.05) is 27.7 Å². The molecular weight excluding hydrogens is 154 g/mol. The van der Waals surface area contributed by atoms with Crippen LogP contribution < -0.4 is 0 Å². The maximum absolute atomic E-state index is 10.9. The largest absolute Gasteiger partial charge is 0.372 e. The minimum Gasteiger partial charge on any atom is -0.372 e. The second kappa shape index (κ2) is 10.4. The lowest BCUT2D eigenvalue weighted by Gasteiger charge is -2.13. The van der Waals surface area contributed by atoms with Crippen molar-refractivity contribution in [3.05, 3.63) is 0 Å². The summed E-state index contributed by atoms with van der Waals surface area (Å²) in [5.41, 5.74) is 0. The lowest BCUT2D eigenvalue weighted by atomic mass is 10.5. The van der Waals surface area contributed by atoms with Gasteiger partial charge in [0, 0.05) is 20.2 Å². The molecule has 0 bridgehead atoms. The molecular formula is C9H21NO2. The zero-order chi connectivity index (χ0) is 9.98. The lowest BCUT2D eigenvalue weighted by molar-refractivity contribution is -0.134. The van der Waals surface area contributed by atoms with Crippen LogP contribution in [0.1, 0.15) is 27.7 Å². The predicted octanol–water partition coefficient (Wildman–Crippen LogP) is 1.53. The number of carbonyl (C=O) groups is 1. The van der Waals surface area contributed by atoms with Gasteiger partial charge >= 0.3 is 0 Å². The molecule has 0 N–H and O–H groups in total. The normalized spacial score (nSPS) is 8.42. The third kappa shape index (κ3) is 7.54. The van der Waals surface area contributed by atoms with E-state index >= 15 is 0 Å². The summed E-state index contributed by atoms with van der Waals surface area (Å²) in [6.45, 7) is 9.36. The van der Waals surface area contributed by atoms with Crippen LogP contribution in [-0.4, -0.2) is 37.6 Å². The smallest absolute Gasteiger partial charge is 0.248 e. The minimum atomic E-state index is 0.0457. The van der Waals surface area contributed by atoms with E-state index in [1.165, 1.54) is 0 Å². The Morgan fingerprint density at radius 1 is 1.33 bits per heavy atom. The van der Waals surface area contributed by atoms with Gasteiger partial charge in [-0.3, -0.25) is 4.79 Å². The molecule has 12 heavy (non-hydrogen) atoms. The van der Waals surface area contributed by atoms with Gasteiger partial charge in [0.1, 0.15) is 6.61 Å². The highest BCUT2D eigenvalue weighted by Crippen LogP contribution is 1.84. The van der Waals surface area contributed by atoms with Gasteiger partial charge in [0.15, 0.2) is 0 Å². The van der Waals surface area contributed by atoms with Gasteiger partial charge in [-0.2, -0.15) is 0 Å². The first-order chi connectivity index (χ1) is 5.72. The van der Waals surface area contributed by atoms with E-state index in [9.17, 15) is 4.79 Å². The fourth-order valence-corrected chi connectivity index (χ4v) is 0.476. The highest BCUT2D eigenvalue weighted by Gasteiger charge is 2.04. The number of nitrogens with zero attached hydrogens (tertiary/aromatic N) is 1. The van der Waals surface area contributed by atoms with Crippen molar-refractivity contribution in [1.29, 1.82) is 0 Å². The first-order valence-electron chi connectivity index (χ1n) is 4.54. The summed E-state index contributed by atoms with van der Waals surface area (Å²) in [6.07, 6.45) is 0. The zero-order valence-corrected chi connectivity index (χ0v) is 8.89. The zero-order valence-electron chi connectivity index (χ0n) is 8.89. The number of ether oxygens (including phenoxy) is 1. The van der Waals surface area contributed by atoms with Gasteiger partial charge in [0.2, 0.25) is 5.91 Å². The van der Waals surface area contributed by atoms with Crippen molar-refractivity contribution in [2.45, 2.75) is 27.7 Å². The molecule has 0 atom stereocenters. The molecule has 0 saturated heterocycles. The third-order valence-corrected chi connectivity index (χ3v) is 1.33. The van der Waals surface area contributed by atoms with Gasteiger partial charge in [0.25, 0.3) is 0 Å². The van der Waals surface area contributed by atoms with Crippen LogP contribution in [0.2, 0.25) is 0 Å². The molecule has 0 fully saturated rings. The Balaban J connectivity index is 0. The van der Waals surface area contributed by atoms with Crippen molar-refractivity contribution in [3.63, 3.8) is 0 Å². The van der Waals surface area contributed by atoms with E-state index in [-0.39, 0.29) is 12.5 Å². The van der Waals surface area contributed by atoms with E-state index in [4.69, 9.17) is 4.74 Å². The second-order valence-corrected chi connectivity index (χ2v) is 2.05. The molecule has 0 aliphatic rings. The molecule has 0 spiro atoms. The first-order valence-corrected chi connectivity index (χ1v) is 4.54. The van der Waals surface area contributed by atoms with Gasteiger partial charge in [0.05, 0.1) is 0 Å². The monoisotopic (exact) mass is 175 g/mol. The van der Waals surface area contributed by atoms with Crippen molar-refractivity contribution in [2.75, 3.05) is 26.8 Å². The van der Waals surface area contributed by atoms with Crippen LogP contribution in [0.5, 0.6) is 0 Å². The van der Waals surface area contributed by atoms with Gasteiger partial charge in [-0.15, -0.1) is 0 Å². The topological polar surface area (TPSA) is 29.5 Å². The Labute approximate surface area is 75.7 Å². The molecule has 3 heteroatoms. The Kier molecular flexibility index (Phi) is 12.2. The van der Waals surface area contributed by atoms with Crippen molar-refractivity contribution in [3.8, 4) is 0 Å². The number of hydrogen-bond acceptors (Lipinski definition) is 2. The molecule has 0 rings (SSSR count). The van der Waals surface area contributed by atoms with Crippen LogP contribution in [-0.2, 0) is 9.53 Å². The SMILES string of the molecule is CC.CCOCC(=O)N(C)CC. The Hall–Kier alpha value is -0.570. The van der Waals surface area contributed by atoms with Gasteiger partial charge < -0.3 is 9.64 Å². The highest BCUT2D eigenvalue weighted by atomic mass is 16.5. The molecule has 0 aliphatic carbocycles. The van der Waals surface area contributed by atoms with Crippen LogP contribution >= 0.6 is 0 Å². The van der Waals surface area contributed by atoms with Crippen molar-refractivity contribution >= 4 is 5.91 Å². The molecule has 1 amide bonds. The van der Waals surface area contributed by atoms with E-state index < -0.39 is 0 Å². The Morgan fingerprint density at radius 2 is 1.83 bits per heavy atom. The fourth-order valence-electron chi connectivity index (χ4n) is 0.476. The average Bonchev–Trinajstić information content (AvgIpc) is 2.16. The molecule has 3 nitrogen and oxygen atoms in total. The molecule has 0 aliphatic heterocycles. The Morgan fingerprint density at radius 3 is 2.17 bits per heavy atom. The number of hydrogen-bond donors (Lipinski definition) is 0. The summed E-state index contributed by atoms with van der Waals surface area (Å²) < 4.78 is 4.93. The molecule has 0 aromatic rings. The molecule has 0 saturated carbocycles. The molecule has 74 valence electrons. The third-order valence-electron chi connectivity index (χ3n) is 1.33. The van der Waals surface area contributed by atoms with E-state index in [0.717, 1.165) is 6.54 Å². The van der Waals surface area contributed by atoms with Crippen molar-refractivity contribution < 1.29 is 9.53 Å². The molecule has 0 aromatic carbocycles. The van der Waals surface area contributed by atoms with E-state index in [2.05, 4.69) is 0 Å². The van der Waals surface area contributed by atoms with Crippen LogP contribution in [0.15, 0.2) is 0 Å². The van der Waals surface area contributed by atoms with Crippen LogP contribution in [0.4, 0.5) is 0 Å². The molecule has 0 aromatic heterocycles. The maximum Gasteiger partial charge on any atom is 0.248 e. The van der Waals surface area contributed by atoms with Crippen molar-refractivity contribution in [1.82, 2.24) is 4.90 Å². The summed E-state index contributed by atoms with van der Waals surface area (Å²) in [4.78, 5) is 12.6. The summed E-state index contributed by atoms with van der Waals surface area (Å²) in [5.74, 6) is 0.0457. The molecule has 0 radical (unpaired) electrons. The number of amides is 1. The Bertz CT molecular complexity index is 105. The van der Waals surface area contributed by atoms with Crippen LogP contribution in [0.3, 0.4) is 0 Å². The fraction of sp³-hybridized carbons (Fsp3) is 0.889. The molecule has 0 heterocycles. The second-order valence-electron chi connectivity index (χ2n) is 2.05. The average molecular weight is 175 g/mol. The summed E-state index contributed by atoms with van der Waals surface area (Å²) in [7, 11) is 1.77. The van der Waals surface area contributed by atoms with Gasteiger partial charge in [-0.05, 0) is 13.8 Å². The number of rotatable bonds is 4. The predicted molar refractivity (Wildman–Crippen MR) is 51.2 cm³/mol. The van der Waals surface area contributed by atoms with E-state index in [0.29, 0.717) is 6.61 Å². The molecule has 0 unspecified atom stereocenters. The van der Waals surface area contributed by atoms with Crippen molar-refractivity contribution in [2.24, 2.45) is 0 Å². The van der Waals surface area contributed by atoms with Crippen LogP contribution in [0, 0.1) is 0 Å². The quantitative estimate of drug-likeness (QED) is 0.648. The summed E-state index contributed by atoms with van der Waals surface area (Å²) in [5, 5.41) is 0. The highest BCUT2D eigenvalue weighted by molar-refractivity contribution is 5.77. The summed E-state index contributed by atoms with van der Waals surface area (Å²) in [6, 6.07) is 0. The van der Waals surface area contributed by atoms with Crippen LogP contribution in [0.25, 0.3) is 0 Å². The lowest BCUT2D eigenvalue weighted by Crippen LogP contribution is -2.29. The minimum absolute atomic E-state index is 0.0457. The first kappa shape index (κ1) is 14.0. The maximum atomic E-state index is 10.9. The number of likely N-dealkylation sites (N-methyl/N-ethyl adjacent to an activating group) is 1. The van der Waals surface area contributed by atoms with E-state index in [1.54, 1.807) is 11.9 Å². The van der Waals surface area contributed by atoms with Gasteiger partial charge in [-0.1, -0.05) is 13.8 Å². The van der Waals surface area contributed by atoms with Gasteiger partial charge in [-0.25, -0.2) is 0 Å².